The molecule has 2 fully saturated rings. The van der Waals surface area contributed by atoms with E-state index in [1.54, 1.807) is 0 Å². The van der Waals surface area contributed by atoms with Gasteiger partial charge in [0.2, 0.25) is 0 Å². The summed E-state index contributed by atoms with van der Waals surface area (Å²) < 4.78 is 26.8. The summed E-state index contributed by atoms with van der Waals surface area (Å²) in [5.74, 6) is -0.891. The number of halogens is 2. The van der Waals surface area contributed by atoms with Gasteiger partial charge in [-0.1, -0.05) is 0 Å². The Kier molecular flexibility index (Phi) is 3.10. The lowest BCUT2D eigenvalue weighted by Crippen LogP contribution is -2.36. The zero-order chi connectivity index (χ0) is 13.6. The molecule has 1 aromatic carbocycles. The Balaban J connectivity index is 1.76. The molecule has 0 spiro atoms. The van der Waals surface area contributed by atoms with E-state index >= 15 is 0 Å². The van der Waals surface area contributed by atoms with Crippen LogP contribution in [0, 0.1) is 11.6 Å². The first-order chi connectivity index (χ1) is 8.97. The molecule has 1 aromatic rings. The SMILES string of the molecule is CC1CC(O)(Cc2cc(F)ccc2F)CN1C1CC1. The standard InChI is InChI=1S/C15H19F2NO/c1-10-7-15(19,9-18(10)13-3-4-13)8-11-6-12(16)2-5-14(11)17/h2,5-6,10,13,19H,3-4,7-9H2,1H3. The Morgan fingerprint density at radius 2 is 2.11 bits per heavy atom. The van der Waals surface area contributed by atoms with E-state index in [-0.39, 0.29) is 12.0 Å². The summed E-state index contributed by atoms with van der Waals surface area (Å²) in [4.78, 5) is 2.30. The van der Waals surface area contributed by atoms with Crippen molar-refractivity contribution in [3.8, 4) is 0 Å². The van der Waals surface area contributed by atoms with Gasteiger partial charge in [0.05, 0.1) is 5.60 Å². The van der Waals surface area contributed by atoms with Gasteiger partial charge in [0.15, 0.2) is 0 Å². The Labute approximate surface area is 112 Å². The van der Waals surface area contributed by atoms with Gasteiger partial charge in [-0.05, 0) is 49.9 Å². The van der Waals surface area contributed by atoms with Gasteiger partial charge in [0.1, 0.15) is 11.6 Å². The van der Waals surface area contributed by atoms with Gasteiger partial charge in [-0.15, -0.1) is 0 Å². The Morgan fingerprint density at radius 1 is 1.37 bits per heavy atom. The molecule has 3 rings (SSSR count). The molecular weight excluding hydrogens is 248 g/mol. The topological polar surface area (TPSA) is 23.5 Å². The van der Waals surface area contributed by atoms with Crippen LogP contribution in [0.1, 0.15) is 31.7 Å². The molecule has 1 aliphatic heterocycles. The lowest BCUT2D eigenvalue weighted by molar-refractivity contribution is 0.0478. The van der Waals surface area contributed by atoms with E-state index in [2.05, 4.69) is 11.8 Å². The fourth-order valence-corrected chi connectivity index (χ4v) is 3.28. The van der Waals surface area contributed by atoms with Crippen LogP contribution in [0.4, 0.5) is 8.78 Å². The van der Waals surface area contributed by atoms with E-state index in [0.29, 0.717) is 25.0 Å². The molecule has 1 aliphatic carbocycles. The van der Waals surface area contributed by atoms with E-state index in [4.69, 9.17) is 0 Å². The lowest BCUT2D eigenvalue weighted by Gasteiger charge is -2.24. The lowest BCUT2D eigenvalue weighted by atomic mass is 9.92. The second-order valence-electron chi connectivity index (χ2n) is 6.09. The van der Waals surface area contributed by atoms with Crippen molar-refractivity contribution < 1.29 is 13.9 Å². The summed E-state index contributed by atoms with van der Waals surface area (Å²) in [5, 5.41) is 10.6. The van der Waals surface area contributed by atoms with Crippen molar-refractivity contribution in [1.29, 1.82) is 0 Å². The van der Waals surface area contributed by atoms with Crippen molar-refractivity contribution in [1.82, 2.24) is 4.90 Å². The molecule has 0 bridgehead atoms. The molecular formula is C15H19F2NO. The van der Waals surface area contributed by atoms with E-state index in [9.17, 15) is 13.9 Å². The minimum absolute atomic E-state index is 0.185. The number of likely N-dealkylation sites (tertiary alicyclic amines) is 1. The minimum Gasteiger partial charge on any atom is -0.388 e. The molecule has 1 N–H and O–H groups in total. The smallest absolute Gasteiger partial charge is 0.126 e. The summed E-state index contributed by atoms with van der Waals surface area (Å²) in [6, 6.07) is 4.33. The molecule has 2 aliphatic rings. The molecule has 19 heavy (non-hydrogen) atoms. The third-order valence-electron chi connectivity index (χ3n) is 4.26. The highest BCUT2D eigenvalue weighted by Gasteiger charge is 2.46. The van der Waals surface area contributed by atoms with Crippen molar-refractivity contribution in [2.45, 2.75) is 50.3 Å². The van der Waals surface area contributed by atoms with Crippen LogP contribution in [0.25, 0.3) is 0 Å². The first-order valence-corrected chi connectivity index (χ1v) is 6.89. The van der Waals surface area contributed by atoms with Crippen LogP contribution in [0.15, 0.2) is 18.2 Å². The maximum absolute atomic E-state index is 13.7. The molecule has 4 heteroatoms. The number of hydrogen-bond acceptors (Lipinski definition) is 2. The second kappa shape index (κ2) is 4.53. The molecule has 1 saturated carbocycles. The molecule has 0 radical (unpaired) electrons. The van der Waals surface area contributed by atoms with Gasteiger partial charge in [0, 0.05) is 25.0 Å². The molecule has 0 aromatic heterocycles. The summed E-state index contributed by atoms with van der Waals surface area (Å²) in [6.45, 7) is 2.66. The van der Waals surface area contributed by atoms with Crippen LogP contribution >= 0.6 is 0 Å². The van der Waals surface area contributed by atoms with Gasteiger partial charge in [-0.3, -0.25) is 4.90 Å². The maximum atomic E-state index is 13.7. The highest BCUT2D eigenvalue weighted by atomic mass is 19.1. The van der Waals surface area contributed by atoms with Gasteiger partial charge in [0.25, 0.3) is 0 Å². The van der Waals surface area contributed by atoms with Crippen LogP contribution < -0.4 is 0 Å². The zero-order valence-electron chi connectivity index (χ0n) is 11.1. The first-order valence-electron chi connectivity index (χ1n) is 6.89. The number of β-amino-alcohol motifs (C(OH)–C–C–N with tert-alkyl or cyclic N) is 1. The van der Waals surface area contributed by atoms with Gasteiger partial charge in [-0.25, -0.2) is 8.78 Å². The number of nitrogens with zero attached hydrogens (tertiary/aromatic N) is 1. The Hall–Kier alpha value is -1.00. The molecule has 1 saturated heterocycles. The normalized spacial score (nSPS) is 31.9. The van der Waals surface area contributed by atoms with Crippen molar-refractivity contribution in [2.24, 2.45) is 0 Å². The zero-order valence-corrected chi connectivity index (χ0v) is 11.1. The average Bonchev–Trinajstić information content (AvgIpc) is 3.11. The van der Waals surface area contributed by atoms with E-state index in [1.165, 1.54) is 18.9 Å². The number of aliphatic hydroxyl groups is 1. The van der Waals surface area contributed by atoms with Crippen LogP contribution in [-0.4, -0.2) is 34.2 Å². The molecule has 0 amide bonds. The fraction of sp³-hybridized carbons (Fsp3) is 0.600. The third kappa shape index (κ3) is 2.65. The van der Waals surface area contributed by atoms with Gasteiger partial charge < -0.3 is 5.11 Å². The molecule has 2 unspecified atom stereocenters. The minimum atomic E-state index is -0.934. The molecule has 1 heterocycles. The summed E-state index contributed by atoms with van der Waals surface area (Å²) in [6.07, 6.45) is 3.19. The largest absolute Gasteiger partial charge is 0.388 e. The van der Waals surface area contributed by atoms with E-state index < -0.39 is 17.2 Å². The predicted molar refractivity (Wildman–Crippen MR) is 68.8 cm³/mol. The molecule has 2 atom stereocenters. The van der Waals surface area contributed by atoms with Gasteiger partial charge in [-0.2, -0.15) is 0 Å². The predicted octanol–water partition coefficient (Wildman–Crippen LogP) is 2.50. The van der Waals surface area contributed by atoms with Crippen molar-refractivity contribution in [3.05, 3.63) is 35.4 Å². The highest BCUT2D eigenvalue weighted by molar-refractivity contribution is 5.22. The average molecular weight is 267 g/mol. The van der Waals surface area contributed by atoms with Crippen molar-refractivity contribution >= 4 is 0 Å². The maximum Gasteiger partial charge on any atom is 0.126 e. The Bertz CT molecular complexity index is 489. The number of hydrogen-bond donors (Lipinski definition) is 1. The summed E-state index contributed by atoms with van der Waals surface area (Å²) in [7, 11) is 0. The summed E-state index contributed by atoms with van der Waals surface area (Å²) >= 11 is 0. The number of rotatable bonds is 3. The number of benzene rings is 1. The molecule has 2 nitrogen and oxygen atoms in total. The van der Waals surface area contributed by atoms with Crippen molar-refractivity contribution in [3.63, 3.8) is 0 Å². The third-order valence-corrected chi connectivity index (χ3v) is 4.26. The van der Waals surface area contributed by atoms with E-state index in [0.717, 1.165) is 12.1 Å². The Morgan fingerprint density at radius 3 is 2.79 bits per heavy atom. The monoisotopic (exact) mass is 267 g/mol. The highest BCUT2D eigenvalue weighted by Crippen LogP contribution is 2.38. The van der Waals surface area contributed by atoms with E-state index in [1.807, 2.05) is 0 Å². The van der Waals surface area contributed by atoms with Crippen LogP contribution in [0.5, 0.6) is 0 Å². The van der Waals surface area contributed by atoms with Gasteiger partial charge >= 0.3 is 0 Å². The van der Waals surface area contributed by atoms with Crippen LogP contribution in [-0.2, 0) is 6.42 Å². The van der Waals surface area contributed by atoms with Crippen LogP contribution in [0.3, 0.4) is 0 Å². The first kappa shape index (κ1) is 13.0. The van der Waals surface area contributed by atoms with Crippen molar-refractivity contribution in [2.75, 3.05) is 6.54 Å². The molecule has 104 valence electrons. The summed E-state index contributed by atoms with van der Waals surface area (Å²) in [5.41, 5.74) is -0.663. The second-order valence-corrected chi connectivity index (χ2v) is 6.09. The van der Waals surface area contributed by atoms with Crippen LogP contribution in [0.2, 0.25) is 0 Å². The fourth-order valence-electron chi connectivity index (χ4n) is 3.28. The quantitative estimate of drug-likeness (QED) is 0.909.